The Morgan fingerprint density at radius 1 is 1.04 bits per heavy atom. The van der Waals surface area contributed by atoms with Gasteiger partial charge in [0.05, 0.1) is 25.4 Å². The molecule has 27 heavy (non-hydrogen) atoms. The standard InChI is InChI=1S/C18H25N7O2/c26-9-4-19-18(27)15-10-14-12-24(7-8-25(14)22-15)17-11-16(20-13-21-17)23-5-2-1-3-6-23/h10-11,13,26H,1-9,12H2,(H,19,27). The number of amides is 1. The van der Waals surface area contributed by atoms with Crippen LogP contribution in [0.4, 0.5) is 11.6 Å². The Hall–Kier alpha value is -2.68. The van der Waals surface area contributed by atoms with E-state index in [-0.39, 0.29) is 19.1 Å². The Balaban J connectivity index is 1.48. The van der Waals surface area contributed by atoms with E-state index < -0.39 is 0 Å². The monoisotopic (exact) mass is 371 g/mol. The molecule has 2 aliphatic rings. The summed E-state index contributed by atoms with van der Waals surface area (Å²) in [6, 6.07) is 3.87. The lowest BCUT2D eigenvalue weighted by Gasteiger charge is -2.31. The zero-order valence-electron chi connectivity index (χ0n) is 15.3. The number of piperidine rings is 1. The maximum Gasteiger partial charge on any atom is 0.271 e. The number of carbonyl (C=O) groups is 1. The first kappa shape index (κ1) is 17.7. The van der Waals surface area contributed by atoms with E-state index in [0.29, 0.717) is 18.8 Å². The van der Waals surface area contributed by atoms with Gasteiger partial charge in [0.1, 0.15) is 18.0 Å². The van der Waals surface area contributed by atoms with Crippen molar-refractivity contribution in [1.82, 2.24) is 25.1 Å². The molecular formula is C18H25N7O2. The smallest absolute Gasteiger partial charge is 0.271 e. The van der Waals surface area contributed by atoms with E-state index in [1.807, 2.05) is 10.7 Å². The first-order valence-corrected chi connectivity index (χ1v) is 9.52. The number of nitrogens with one attached hydrogen (secondary N) is 1. The molecule has 0 saturated carbocycles. The van der Waals surface area contributed by atoms with Crippen molar-refractivity contribution in [3.05, 3.63) is 29.8 Å². The van der Waals surface area contributed by atoms with Crippen molar-refractivity contribution in [2.45, 2.75) is 32.4 Å². The average Bonchev–Trinajstić information content (AvgIpc) is 3.16. The quantitative estimate of drug-likeness (QED) is 0.785. The minimum atomic E-state index is -0.257. The molecule has 4 rings (SSSR count). The molecule has 0 aliphatic carbocycles. The molecule has 0 unspecified atom stereocenters. The lowest BCUT2D eigenvalue weighted by molar-refractivity contribution is 0.0939. The summed E-state index contributed by atoms with van der Waals surface area (Å²) in [6.07, 6.45) is 5.35. The van der Waals surface area contributed by atoms with Gasteiger partial charge in [0.2, 0.25) is 0 Å². The number of hydrogen-bond acceptors (Lipinski definition) is 7. The molecule has 0 atom stereocenters. The molecule has 0 spiro atoms. The number of aliphatic hydroxyl groups excluding tert-OH is 1. The van der Waals surface area contributed by atoms with Crippen molar-refractivity contribution in [2.75, 3.05) is 42.6 Å². The van der Waals surface area contributed by atoms with Crippen molar-refractivity contribution < 1.29 is 9.90 Å². The molecule has 9 nitrogen and oxygen atoms in total. The summed E-state index contributed by atoms with van der Waals surface area (Å²) in [5, 5.41) is 15.9. The lowest BCUT2D eigenvalue weighted by atomic mass is 10.1. The highest BCUT2D eigenvalue weighted by Gasteiger charge is 2.22. The summed E-state index contributed by atoms with van der Waals surface area (Å²) < 4.78 is 1.87. The second-order valence-electron chi connectivity index (χ2n) is 6.93. The van der Waals surface area contributed by atoms with Gasteiger partial charge in [0, 0.05) is 32.2 Å². The van der Waals surface area contributed by atoms with Crippen LogP contribution in [-0.2, 0) is 13.1 Å². The van der Waals surface area contributed by atoms with Crippen molar-refractivity contribution >= 4 is 17.5 Å². The number of aromatic nitrogens is 4. The molecule has 1 fully saturated rings. The number of rotatable bonds is 5. The van der Waals surface area contributed by atoms with Crippen LogP contribution in [0.3, 0.4) is 0 Å². The zero-order chi connectivity index (χ0) is 18.6. The minimum Gasteiger partial charge on any atom is -0.395 e. The Morgan fingerprint density at radius 2 is 1.81 bits per heavy atom. The number of fused-ring (bicyclic) bond motifs is 1. The molecule has 144 valence electrons. The van der Waals surface area contributed by atoms with Gasteiger partial charge in [0.25, 0.3) is 5.91 Å². The highest BCUT2D eigenvalue weighted by atomic mass is 16.3. The fourth-order valence-corrected chi connectivity index (χ4v) is 3.64. The van der Waals surface area contributed by atoms with Crippen LogP contribution in [0, 0.1) is 0 Å². The lowest BCUT2D eigenvalue weighted by Crippen LogP contribution is -2.35. The molecule has 2 aromatic heterocycles. The van der Waals surface area contributed by atoms with E-state index in [2.05, 4.69) is 36.2 Å². The first-order valence-electron chi connectivity index (χ1n) is 9.52. The summed E-state index contributed by atoms with van der Waals surface area (Å²) >= 11 is 0. The van der Waals surface area contributed by atoms with Crippen molar-refractivity contribution in [3.63, 3.8) is 0 Å². The predicted molar refractivity (Wildman–Crippen MR) is 101 cm³/mol. The molecular weight excluding hydrogens is 346 g/mol. The molecule has 4 heterocycles. The topological polar surface area (TPSA) is 99.4 Å². The third-order valence-electron chi connectivity index (χ3n) is 5.07. The number of carbonyl (C=O) groups excluding carboxylic acids is 1. The number of hydrogen-bond donors (Lipinski definition) is 2. The van der Waals surface area contributed by atoms with Crippen LogP contribution < -0.4 is 15.1 Å². The maximum absolute atomic E-state index is 12.1. The van der Waals surface area contributed by atoms with E-state index in [9.17, 15) is 4.79 Å². The molecule has 2 aliphatic heterocycles. The summed E-state index contributed by atoms with van der Waals surface area (Å²) in [7, 11) is 0. The summed E-state index contributed by atoms with van der Waals surface area (Å²) in [5.74, 6) is 1.64. The van der Waals surface area contributed by atoms with Gasteiger partial charge in [-0.3, -0.25) is 9.48 Å². The molecule has 0 bridgehead atoms. The highest BCUT2D eigenvalue weighted by molar-refractivity contribution is 5.92. The maximum atomic E-state index is 12.1. The van der Waals surface area contributed by atoms with Crippen LogP contribution in [0.25, 0.3) is 0 Å². The Bertz CT molecular complexity index is 801. The van der Waals surface area contributed by atoms with E-state index >= 15 is 0 Å². The van der Waals surface area contributed by atoms with Crippen molar-refractivity contribution in [2.24, 2.45) is 0 Å². The molecule has 1 saturated heterocycles. The molecule has 9 heteroatoms. The van der Waals surface area contributed by atoms with Crippen LogP contribution in [-0.4, -0.2) is 63.5 Å². The minimum absolute atomic E-state index is 0.0832. The van der Waals surface area contributed by atoms with Gasteiger partial charge in [-0.05, 0) is 25.3 Å². The van der Waals surface area contributed by atoms with Crippen LogP contribution in [0.2, 0.25) is 0 Å². The van der Waals surface area contributed by atoms with E-state index in [1.54, 1.807) is 6.33 Å². The average molecular weight is 371 g/mol. The normalized spacial score (nSPS) is 16.9. The van der Waals surface area contributed by atoms with Gasteiger partial charge in [-0.15, -0.1) is 0 Å². The fourth-order valence-electron chi connectivity index (χ4n) is 3.64. The molecule has 0 aromatic carbocycles. The van der Waals surface area contributed by atoms with Gasteiger partial charge < -0.3 is 20.2 Å². The van der Waals surface area contributed by atoms with Crippen LogP contribution in [0.15, 0.2) is 18.5 Å². The second-order valence-corrected chi connectivity index (χ2v) is 6.93. The summed E-state index contributed by atoms with van der Waals surface area (Å²) in [4.78, 5) is 25.5. The van der Waals surface area contributed by atoms with Gasteiger partial charge in [-0.1, -0.05) is 0 Å². The molecule has 2 aromatic rings. The third-order valence-corrected chi connectivity index (χ3v) is 5.07. The zero-order valence-corrected chi connectivity index (χ0v) is 15.3. The molecule has 2 N–H and O–H groups in total. The molecule has 0 radical (unpaired) electrons. The number of anilines is 2. The first-order chi connectivity index (χ1) is 13.2. The second kappa shape index (κ2) is 7.91. The largest absolute Gasteiger partial charge is 0.395 e. The van der Waals surface area contributed by atoms with E-state index in [1.165, 1.54) is 19.3 Å². The Morgan fingerprint density at radius 3 is 2.59 bits per heavy atom. The van der Waals surface area contributed by atoms with Gasteiger partial charge in [-0.2, -0.15) is 5.10 Å². The van der Waals surface area contributed by atoms with Crippen LogP contribution in [0.1, 0.15) is 35.4 Å². The molecule has 1 amide bonds. The number of nitrogens with zero attached hydrogens (tertiary/aromatic N) is 6. The van der Waals surface area contributed by atoms with Gasteiger partial charge in [0.15, 0.2) is 5.69 Å². The van der Waals surface area contributed by atoms with E-state index in [4.69, 9.17) is 5.11 Å². The summed E-state index contributed by atoms with van der Waals surface area (Å²) in [5.41, 5.74) is 1.37. The Labute approximate surface area is 158 Å². The van der Waals surface area contributed by atoms with E-state index in [0.717, 1.165) is 37.0 Å². The summed E-state index contributed by atoms with van der Waals surface area (Å²) in [6.45, 7) is 4.38. The fraction of sp³-hybridized carbons (Fsp3) is 0.556. The number of aliphatic hydroxyl groups is 1. The highest BCUT2D eigenvalue weighted by Crippen LogP contribution is 2.24. The third kappa shape index (κ3) is 3.87. The van der Waals surface area contributed by atoms with Crippen molar-refractivity contribution in [1.29, 1.82) is 0 Å². The van der Waals surface area contributed by atoms with Gasteiger partial charge in [-0.25, -0.2) is 9.97 Å². The van der Waals surface area contributed by atoms with Crippen LogP contribution >= 0.6 is 0 Å². The van der Waals surface area contributed by atoms with Gasteiger partial charge >= 0.3 is 0 Å². The van der Waals surface area contributed by atoms with Crippen LogP contribution in [0.5, 0.6) is 0 Å². The Kier molecular flexibility index (Phi) is 5.19. The predicted octanol–water partition coefficient (Wildman–Crippen LogP) is 0.406. The van der Waals surface area contributed by atoms with Crippen molar-refractivity contribution in [3.8, 4) is 0 Å². The SMILES string of the molecule is O=C(NCCO)c1cc2n(n1)CCN(c1cc(N3CCCCC3)ncn1)C2.